The highest BCUT2D eigenvalue weighted by Gasteiger charge is 2.50. The van der Waals surface area contributed by atoms with E-state index in [9.17, 15) is 31.9 Å². The lowest BCUT2D eigenvalue weighted by Gasteiger charge is -2.37. The molecule has 3 heterocycles. The Hall–Kier alpha value is -4.21. The van der Waals surface area contributed by atoms with Crippen LogP contribution >= 0.6 is 24.8 Å². The van der Waals surface area contributed by atoms with E-state index < -0.39 is 34.9 Å². The van der Waals surface area contributed by atoms with Crippen LogP contribution in [0.15, 0.2) is 52.1 Å². The largest absolute Gasteiger partial charge is 0.494 e. The van der Waals surface area contributed by atoms with Gasteiger partial charge in [0.1, 0.15) is 23.0 Å². The van der Waals surface area contributed by atoms with Gasteiger partial charge in [-0.1, -0.05) is 18.1 Å². The van der Waals surface area contributed by atoms with Gasteiger partial charge in [0, 0.05) is 11.6 Å². The van der Waals surface area contributed by atoms with Crippen molar-refractivity contribution in [3.8, 4) is 28.4 Å². The van der Waals surface area contributed by atoms with Crippen LogP contribution in [0.25, 0.3) is 22.6 Å². The molecule has 0 bridgehead atoms. The molecule has 0 spiro atoms. The van der Waals surface area contributed by atoms with Crippen LogP contribution in [-0.2, 0) is 23.1 Å². The summed E-state index contributed by atoms with van der Waals surface area (Å²) in [6, 6.07) is 8.29. The Labute approximate surface area is 291 Å². The number of nitrogens with zero attached hydrogens (tertiary/aromatic N) is 5. The average Bonchev–Trinajstić information content (AvgIpc) is 3.68. The molecule has 49 heavy (non-hydrogen) atoms. The Kier molecular flexibility index (Phi) is 12.8. The summed E-state index contributed by atoms with van der Waals surface area (Å²) in [6.07, 6.45) is -1.98. The quantitative estimate of drug-likeness (QED) is 0.107. The van der Waals surface area contributed by atoms with E-state index in [0.29, 0.717) is 31.5 Å². The molecule has 2 N–H and O–H groups in total. The number of hydrazone groups is 1. The van der Waals surface area contributed by atoms with Gasteiger partial charge in [0.2, 0.25) is 5.54 Å². The fourth-order valence-electron chi connectivity index (χ4n) is 5.41. The number of unbranched alkanes of at least 4 members (excludes halogenated alkanes) is 1. The Morgan fingerprint density at radius 3 is 2.53 bits per heavy atom. The first-order valence-electron chi connectivity index (χ1n) is 14.9. The molecule has 0 amide bonds. The third-order valence-electron chi connectivity index (χ3n) is 7.80. The number of nitrogens with one attached hydrogen (secondary N) is 1. The number of rotatable bonds is 13. The van der Waals surface area contributed by atoms with Gasteiger partial charge in [-0.05, 0) is 76.7 Å². The zero-order valence-corrected chi connectivity index (χ0v) is 28.3. The number of hydrogen-bond acceptors (Lipinski definition) is 8. The Morgan fingerprint density at radius 1 is 1.10 bits per heavy atom. The Bertz CT molecular complexity index is 1780. The third kappa shape index (κ3) is 8.16. The number of aromatic amines is 1. The first kappa shape index (κ1) is 39.2. The zero-order valence-electron chi connectivity index (χ0n) is 26.7. The van der Waals surface area contributed by atoms with Crippen LogP contribution in [0.5, 0.6) is 5.75 Å². The lowest BCUT2D eigenvalue weighted by molar-refractivity contribution is -0.156. The van der Waals surface area contributed by atoms with E-state index in [1.54, 1.807) is 0 Å². The Balaban J connectivity index is 0.00000325. The number of alkyl halides is 3. The smallest absolute Gasteiger partial charge is 0.417 e. The summed E-state index contributed by atoms with van der Waals surface area (Å²) in [5.74, 6) is -3.73. The van der Waals surface area contributed by atoms with Gasteiger partial charge >= 0.3 is 12.1 Å². The van der Waals surface area contributed by atoms with Crippen LogP contribution in [0.4, 0.5) is 22.0 Å². The number of aromatic nitrogens is 3. The molecule has 1 unspecified atom stereocenters. The monoisotopic (exact) mass is 732 g/mol. The van der Waals surface area contributed by atoms with Crippen LogP contribution in [0.2, 0.25) is 0 Å². The molecular formula is C32H35Cl2F5N6O4. The maximum Gasteiger partial charge on any atom is 0.417 e. The van der Waals surface area contributed by atoms with Crippen molar-refractivity contribution in [3.05, 3.63) is 76.8 Å². The fourth-order valence-corrected chi connectivity index (χ4v) is 5.41. The maximum absolute atomic E-state index is 14.5. The predicted octanol–water partition coefficient (Wildman–Crippen LogP) is 7.52. The fraction of sp³-hybridized carbons (Fsp3) is 0.375. The molecule has 5 rings (SSSR count). The molecule has 4 aromatic rings. The molecule has 266 valence electrons. The van der Waals surface area contributed by atoms with Crippen LogP contribution in [0, 0.1) is 11.6 Å². The van der Waals surface area contributed by atoms with Crippen molar-refractivity contribution in [2.45, 2.75) is 50.9 Å². The number of carboxylic acid groups (broad SMARTS) is 1. The molecule has 0 aliphatic carbocycles. The molecule has 0 radical (unpaired) electrons. The van der Waals surface area contributed by atoms with E-state index in [1.807, 2.05) is 25.9 Å². The third-order valence-corrected chi connectivity index (χ3v) is 7.80. The van der Waals surface area contributed by atoms with E-state index in [0.717, 1.165) is 12.1 Å². The summed E-state index contributed by atoms with van der Waals surface area (Å²) < 4.78 is 82.0. The minimum absolute atomic E-state index is 0. The van der Waals surface area contributed by atoms with E-state index in [1.165, 1.54) is 41.6 Å². The van der Waals surface area contributed by atoms with Crippen molar-refractivity contribution in [1.29, 1.82) is 0 Å². The first-order chi connectivity index (χ1) is 22.3. The molecule has 1 atom stereocenters. The highest BCUT2D eigenvalue weighted by Crippen LogP contribution is 2.43. The van der Waals surface area contributed by atoms with Crippen LogP contribution in [0.3, 0.4) is 0 Å². The maximum atomic E-state index is 14.5. The number of carboxylic acids is 1. The molecular weight excluding hydrogens is 698 g/mol. The molecule has 17 heteroatoms. The number of H-pyrrole nitrogens is 1. The number of imidazole rings is 1. The highest BCUT2D eigenvalue weighted by molar-refractivity contribution is 5.86. The van der Waals surface area contributed by atoms with Gasteiger partial charge in [-0.3, -0.25) is 5.01 Å². The summed E-state index contributed by atoms with van der Waals surface area (Å²) in [4.78, 5) is 22.4. The highest BCUT2D eigenvalue weighted by atomic mass is 35.5. The van der Waals surface area contributed by atoms with Crippen molar-refractivity contribution in [1.82, 2.24) is 25.0 Å². The van der Waals surface area contributed by atoms with Gasteiger partial charge in [-0.15, -0.1) is 24.8 Å². The van der Waals surface area contributed by atoms with Gasteiger partial charge in [0.15, 0.2) is 17.4 Å². The lowest BCUT2D eigenvalue weighted by Crippen LogP contribution is -2.50. The van der Waals surface area contributed by atoms with E-state index in [2.05, 4.69) is 20.2 Å². The normalized spacial score (nSPS) is 13.8. The predicted molar refractivity (Wildman–Crippen MR) is 176 cm³/mol. The zero-order chi connectivity index (χ0) is 33.9. The number of ether oxygens (including phenoxy) is 1. The molecule has 2 aromatic heterocycles. The van der Waals surface area contributed by atoms with E-state index in [4.69, 9.17) is 9.26 Å². The number of carbonyl (C=O) groups is 1. The molecule has 1 aliphatic heterocycles. The molecule has 0 saturated carbocycles. The summed E-state index contributed by atoms with van der Waals surface area (Å²) in [5, 5.41) is 20.3. The van der Waals surface area contributed by atoms with Crippen LogP contribution in [0.1, 0.15) is 55.3 Å². The number of aliphatic carboxylic acids is 1. The molecule has 2 aromatic carbocycles. The molecule has 0 fully saturated rings. The lowest BCUT2D eigenvalue weighted by atomic mass is 9.87. The Morgan fingerprint density at radius 2 is 1.86 bits per heavy atom. The molecule has 10 nitrogen and oxygen atoms in total. The van der Waals surface area contributed by atoms with Crippen LogP contribution in [-0.4, -0.2) is 69.6 Å². The van der Waals surface area contributed by atoms with Crippen molar-refractivity contribution < 1.29 is 41.1 Å². The SMILES string of the molecule is CCCOc1ccc(-c2cc(C(CCCCN(C)C)(C(=O)O)N3Cc4[nH]c(-c5cccc(F)c5F)nc4C=N3)on2)c(C(F)(F)F)c1.Cl.Cl. The van der Waals surface area contributed by atoms with Gasteiger partial charge in [-0.25, -0.2) is 18.6 Å². The second-order valence-electron chi connectivity index (χ2n) is 11.4. The standard InChI is InChI=1S/C32H33F5N6O4.2ClH/c1-4-14-46-19-10-11-20(22(15-19)32(35,36)37)24-16-27(47-41-24)31(30(44)45,12-5-6-13-42(2)3)43-18-26-25(17-38-43)39-29(40-26)21-8-7-9-23(33)28(21)34;;/h7-11,15-17H,4-6,12-14,18H2,1-3H3,(H,39,40)(H,44,45);2*1H. The van der Waals surface area contributed by atoms with Gasteiger partial charge in [0.05, 0.1) is 36.2 Å². The summed E-state index contributed by atoms with van der Waals surface area (Å²) in [6.45, 7) is 2.53. The minimum Gasteiger partial charge on any atom is -0.494 e. The molecule has 1 aliphatic rings. The minimum atomic E-state index is -4.77. The average molecular weight is 734 g/mol. The van der Waals surface area contributed by atoms with E-state index in [-0.39, 0.29) is 84.2 Å². The van der Waals surface area contributed by atoms with Crippen molar-refractivity contribution in [2.24, 2.45) is 5.10 Å². The van der Waals surface area contributed by atoms with Crippen LogP contribution < -0.4 is 4.74 Å². The summed E-state index contributed by atoms with van der Waals surface area (Å²) >= 11 is 0. The molecule has 0 saturated heterocycles. The van der Waals surface area contributed by atoms with Gasteiger partial charge < -0.3 is 24.3 Å². The second-order valence-corrected chi connectivity index (χ2v) is 11.4. The summed E-state index contributed by atoms with van der Waals surface area (Å²) in [5.41, 5.74) is -3.05. The number of benzene rings is 2. The number of fused-ring (bicyclic) bond motifs is 1. The van der Waals surface area contributed by atoms with Crippen molar-refractivity contribution in [2.75, 3.05) is 27.2 Å². The van der Waals surface area contributed by atoms with Crippen molar-refractivity contribution >= 4 is 37.0 Å². The summed E-state index contributed by atoms with van der Waals surface area (Å²) in [7, 11) is 3.75. The van der Waals surface area contributed by atoms with Crippen molar-refractivity contribution in [3.63, 3.8) is 0 Å². The number of halogens is 7. The first-order valence-corrected chi connectivity index (χ1v) is 14.9. The van der Waals surface area contributed by atoms with Gasteiger partial charge in [0.25, 0.3) is 0 Å². The topological polar surface area (TPSA) is 120 Å². The van der Waals surface area contributed by atoms with Gasteiger partial charge in [-0.2, -0.15) is 18.3 Å². The van der Waals surface area contributed by atoms with E-state index >= 15 is 0 Å². The number of hydrogen-bond donors (Lipinski definition) is 2. The second kappa shape index (κ2) is 16.0.